The number of hydrogen-bond donors (Lipinski definition) is 1. The van der Waals surface area contributed by atoms with Gasteiger partial charge in [0.25, 0.3) is 0 Å². The van der Waals surface area contributed by atoms with Crippen LogP contribution in [0.1, 0.15) is 46.2 Å². The van der Waals surface area contributed by atoms with E-state index in [1.807, 2.05) is 6.07 Å². The molecular formula is C18H23N. The Hall–Kier alpha value is -1.76. The van der Waals surface area contributed by atoms with Crippen LogP contribution < -0.4 is 5.73 Å². The molecule has 0 unspecified atom stereocenters. The summed E-state index contributed by atoms with van der Waals surface area (Å²) in [6, 6.07) is 10.8. The number of anilines is 1. The van der Waals surface area contributed by atoms with Crippen LogP contribution in [0.5, 0.6) is 0 Å². The van der Waals surface area contributed by atoms with Crippen molar-refractivity contribution in [1.82, 2.24) is 0 Å². The van der Waals surface area contributed by atoms with Gasteiger partial charge in [0.2, 0.25) is 0 Å². The van der Waals surface area contributed by atoms with E-state index < -0.39 is 0 Å². The summed E-state index contributed by atoms with van der Waals surface area (Å²) in [5.41, 5.74) is 15.0. The van der Waals surface area contributed by atoms with Crippen molar-refractivity contribution in [1.29, 1.82) is 0 Å². The zero-order valence-corrected chi connectivity index (χ0v) is 12.5. The third-order valence-corrected chi connectivity index (χ3v) is 3.88. The Labute approximate surface area is 116 Å². The molecule has 0 bridgehead atoms. The van der Waals surface area contributed by atoms with Gasteiger partial charge in [0.1, 0.15) is 0 Å². The summed E-state index contributed by atoms with van der Waals surface area (Å²) < 4.78 is 0. The Bertz CT molecular complexity index is 588. The summed E-state index contributed by atoms with van der Waals surface area (Å²) in [6.07, 6.45) is 0. The van der Waals surface area contributed by atoms with E-state index in [4.69, 9.17) is 5.73 Å². The van der Waals surface area contributed by atoms with Gasteiger partial charge in [0.05, 0.1) is 0 Å². The lowest BCUT2D eigenvalue weighted by atomic mass is 9.85. The number of benzene rings is 2. The van der Waals surface area contributed by atoms with Crippen molar-refractivity contribution in [2.75, 3.05) is 5.73 Å². The third-order valence-electron chi connectivity index (χ3n) is 3.88. The fourth-order valence-electron chi connectivity index (χ4n) is 3.10. The molecule has 0 heterocycles. The predicted octanol–water partition coefficient (Wildman–Crippen LogP) is 4.65. The summed E-state index contributed by atoms with van der Waals surface area (Å²) >= 11 is 0. The average Bonchev–Trinajstić information content (AvgIpc) is 2.30. The molecule has 0 aromatic heterocycles. The number of aryl methyl sites for hydroxylation is 4. The van der Waals surface area contributed by atoms with E-state index in [9.17, 15) is 0 Å². The monoisotopic (exact) mass is 253 g/mol. The Morgan fingerprint density at radius 3 is 2.00 bits per heavy atom. The van der Waals surface area contributed by atoms with Crippen molar-refractivity contribution in [3.8, 4) is 0 Å². The van der Waals surface area contributed by atoms with Gasteiger partial charge in [0, 0.05) is 11.6 Å². The van der Waals surface area contributed by atoms with E-state index in [0.29, 0.717) is 5.92 Å². The van der Waals surface area contributed by atoms with Crippen molar-refractivity contribution < 1.29 is 0 Å². The lowest BCUT2D eigenvalue weighted by Gasteiger charge is -2.21. The molecule has 1 heteroatoms. The molecule has 0 spiro atoms. The van der Waals surface area contributed by atoms with E-state index in [0.717, 1.165) is 5.69 Å². The molecule has 0 aliphatic carbocycles. The molecule has 2 aromatic carbocycles. The van der Waals surface area contributed by atoms with E-state index in [-0.39, 0.29) is 0 Å². The van der Waals surface area contributed by atoms with Crippen molar-refractivity contribution in [3.05, 3.63) is 63.7 Å². The highest BCUT2D eigenvalue weighted by Gasteiger charge is 2.16. The quantitative estimate of drug-likeness (QED) is 0.774. The normalized spacial score (nSPS) is 12.5. The van der Waals surface area contributed by atoms with Crippen molar-refractivity contribution in [3.63, 3.8) is 0 Å². The van der Waals surface area contributed by atoms with Crippen molar-refractivity contribution >= 4 is 5.69 Å². The molecule has 1 nitrogen and oxygen atoms in total. The minimum absolute atomic E-state index is 0.334. The van der Waals surface area contributed by atoms with E-state index in [2.05, 4.69) is 58.9 Å². The second-order valence-electron chi connectivity index (χ2n) is 5.67. The topological polar surface area (TPSA) is 26.0 Å². The molecule has 2 aromatic rings. The zero-order chi connectivity index (χ0) is 14.2. The number of nitrogen functional groups attached to an aromatic ring is 1. The number of hydrogen-bond acceptors (Lipinski definition) is 1. The largest absolute Gasteiger partial charge is 0.398 e. The lowest BCUT2D eigenvalue weighted by molar-refractivity contribution is 0.897. The Morgan fingerprint density at radius 1 is 0.842 bits per heavy atom. The summed E-state index contributed by atoms with van der Waals surface area (Å²) in [7, 11) is 0. The molecule has 0 saturated heterocycles. The van der Waals surface area contributed by atoms with Gasteiger partial charge in [-0.3, -0.25) is 0 Å². The first kappa shape index (κ1) is 13.7. The molecule has 100 valence electrons. The second-order valence-corrected chi connectivity index (χ2v) is 5.67. The second kappa shape index (κ2) is 5.08. The highest BCUT2D eigenvalue weighted by atomic mass is 14.6. The first-order valence-corrected chi connectivity index (χ1v) is 6.84. The van der Waals surface area contributed by atoms with Crippen LogP contribution in [0.15, 0.2) is 30.3 Å². The Kier molecular flexibility index (Phi) is 3.66. The van der Waals surface area contributed by atoms with Crippen LogP contribution in [0.25, 0.3) is 0 Å². The molecule has 0 fully saturated rings. The third kappa shape index (κ3) is 2.65. The van der Waals surface area contributed by atoms with Crippen LogP contribution in [-0.2, 0) is 0 Å². The Morgan fingerprint density at radius 2 is 1.42 bits per heavy atom. The van der Waals surface area contributed by atoms with Crippen molar-refractivity contribution in [2.24, 2.45) is 0 Å². The Balaban J connectivity index is 2.56. The van der Waals surface area contributed by atoms with E-state index >= 15 is 0 Å². The number of rotatable bonds is 2. The predicted molar refractivity (Wildman–Crippen MR) is 83.8 cm³/mol. The van der Waals surface area contributed by atoms with Crippen LogP contribution >= 0.6 is 0 Å². The minimum atomic E-state index is 0.334. The maximum absolute atomic E-state index is 6.16. The van der Waals surface area contributed by atoms with Gasteiger partial charge in [-0.05, 0) is 56.0 Å². The number of nitrogens with two attached hydrogens (primary N) is 1. The molecule has 0 radical (unpaired) electrons. The summed E-state index contributed by atoms with van der Waals surface area (Å²) in [6.45, 7) is 10.9. The fourth-order valence-corrected chi connectivity index (χ4v) is 3.10. The highest BCUT2D eigenvalue weighted by Crippen LogP contribution is 2.33. The fraction of sp³-hybridized carbons (Fsp3) is 0.333. The summed E-state index contributed by atoms with van der Waals surface area (Å²) in [5.74, 6) is 0.334. The highest BCUT2D eigenvalue weighted by molar-refractivity contribution is 5.55. The van der Waals surface area contributed by atoms with Crippen LogP contribution in [0, 0.1) is 27.7 Å². The summed E-state index contributed by atoms with van der Waals surface area (Å²) in [4.78, 5) is 0. The van der Waals surface area contributed by atoms with Crippen LogP contribution in [0.4, 0.5) is 5.69 Å². The molecule has 1 atom stereocenters. The molecule has 0 amide bonds. The first-order chi connectivity index (χ1) is 8.90. The van der Waals surface area contributed by atoms with E-state index in [1.165, 1.54) is 33.4 Å². The van der Waals surface area contributed by atoms with Gasteiger partial charge in [-0.25, -0.2) is 0 Å². The lowest BCUT2D eigenvalue weighted by Crippen LogP contribution is -2.05. The van der Waals surface area contributed by atoms with Gasteiger partial charge < -0.3 is 5.73 Å². The van der Waals surface area contributed by atoms with E-state index in [1.54, 1.807) is 0 Å². The van der Waals surface area contributed by atoms with Gasteiger partial charge in [-0.1, -0.05) is 42.3 Å². The van der Waals surface area contributed by atoms with Crippen molar-refractivity contribution in [2.45, 2.75) is 40.5 Å². The zero-order valence-electron chi connectivity index (χ0n) is 12.5. The smallest absolute Gasteiger partial charge is 0.0352 e. The molecule has 0 aliphatic rings. The first-order valence-electron chi connectivity index (χ1n) is 6.84. The molecule has 2 N–H and O–H groups in total. The maximum Gasteiger partial charge on any atom is 0.0352 e. The van der Waals surface area contributed by atoms with Gasteiger partial charge >= 0.3 is 0 Å². The molecule has 2 rings (SSSR count). The maximum atomic E-state index is 6.16. The van der Waals surface area contributed by atoms with Gasteiger partial charge in [-0.2, -0.15) is 0 Å². The SMILES string of the molecule is Cc1cc(C)c([C@H](C)c2cc(C)ccc2N)c(C)c1. The van der Waals surface area contributed by atoms with Gasteiger partial charge in [-0.15, -0.1) is 0 Å². The van der Waals surface area contributed by atoms with Crippen LogP contribution in [0.2, 0.25) is 0 Å². The molecule has 19 heavy (non-hydrogen) atoms. The molecule has 0 saturated carbocycles. The average molecular weight is 253 g/mol. The minimum Gasteiger partial charge on any atom is -0.398 e. The molecule has 0 aliphatic heterocycles. The van der Waals surface area contributed by atoms with Gasteiger partial charge in [0.15, 0.2) is 0 Å². The summed E-state index contributed by atoms with van der Waals surface area (Å²) in [5, 5.41) is 0. The molecular weight excluding hydrogens is 230 g/mol. The standard InChI is InChI=1S/C18H23N/c1-11-6-7-17(19)16(10-11)15(5)18-13(3)8-12(2)9-14(18)4/h6-10,15H,19H2,1-5H3/t15-/m1/s1. The van der Waals surface area contributed by atoms with Crippen LogP contribution in [-0.4, -0.2) is 0 Å². The van der Waals surface area contributed by atoms with Crippen LogP contribution in [0.3, 0.4) is 0 Å².